The van der Waals surface area contributed by atoms with Crippen LogP contribution in [-0.2, 0) is 28.1 Å². The Kier molecular flexibility index (Phi) is 12.4. The van der Waals surface area contributed by atoms with Crippen molar-refractivity contribution in [3.8, 4) is 5.69 Å². The molecule has 1 fully saturated rings. The molecule has 0 N–H and O–H groups in total. The molecule has 0 radical (unpaired) electrons. The molecule has 0 spiro atoms. The van der Waals surface area contributed by atoms with Gasteiger partial charge in [-0.25, -0.2) is 4.98 Å². The van der Waals surface area contributed by atoms with Crippen molar-refractivity contribution in [1.82, 2.24) is 9.55 Å². The lowest BCUT2D eigenvalue weighted by Gasteiger charge is -2.42. The molecule has 3 aliphatic rings. The van der Waals surface area contributed by atoms with E-state index in [9.17, 15) is 0 Å². The van der Waals surface area contributed by atoms with E-state index in [1.165, 1.54) is 84.1 Å². The molecule has 378 valence electrons. The van der Waals surface area contributed by atoms with Gasteiger partial charge >= 0.3 is 0 Å². The second-order valence-corrected chi connectivity index (χ2v) is 25.7. The number of rotatable bonds is 8. The highest BCUT2D eigenvalue weighted by molar-refractivity contribution is 5.95. The number of pyridine rings is 1. The van der Waals surface area contributed by atoms with Gasteiger partial charge in [0.2, 0.25) is 0 Å². The molecule has 5 nitrogen and oxygen atoms in total. The third-order valence-corrected chi connectivity index (χ3v) is 16.6. The predicted octanol–water partition coefficient (Wildman–Crippen LogP) is 18.3. The lowest BCUT2D eigenvalue weighted by atomic mass is 9.78. The number of anilines is 6. The van der Waals surface area contributed by atoms with Crippen molar-refractivity contribution in [3.63, 3.8) is 0 Å². The normalized spacial score (nSPS) is 17.9. The Bertz CT molecular complexity index is 3210. The first-order chi connectivity index (χ1) is 35.2. The summed E-state index contributed by atoms with van der Waals surface area (Å²) < 4.78 is 2.48. The van der Waals surface area contributed by atoms with Crippen molar-refractivity contribution in [1.29, 1.82) is 0 Å². The van der Waals surface area contributed by atoms with Gasteiger partial charge in [0.15, 0.2) is 0 Å². The molecule has 2 aliphatic carbocycles. The number of para-hydroxylation sites is 2. The maximum Gasteiger partial charge on any atom is 0.133 e. The van der Waals surface area contributed by atoms with Crippen molar-refractivity contribution >= 4 is 51.2 Å². The molecule has 3 unspecified atom stereocenters. The van der Waals surface area contributed by atoms with Crippen LogP contribution < -0.4 is 14.7 Å². The minimum absolute atomic E-state index is 0.0787. The van der Waals surface area contributed by atoms with Gasteiger partial charge in [0, 0.05) is 68.8 Å². The summed E-state index contributed by atoms with van der Waals surface area (Å²) in [5.74, 6) is 1.41. The number of hydrogen-bond donors (Lipinski definition) is 0. The second kappa shape index (κ2) is 18.5. The number of allylic oxidation sites excluding steroid dienone is 1. The van der Waals surface area contributed by atoms with Crippen LogP contribution in [-0.4, -0.2) is 21.6 Å². The Morgan fingerprint density at radius 2 is 1.00 bits per heavy atom. The van der Waals surface area contributed by atoms with Crippen LogP contribution in [0.4, 0.5) is 34.3 Å². The molecule has 2 aromatic heterocycles. The van der Waals surface area contributed by atoms with Crippen molar-refractivity contribution in [3.05, 3.63) is 209 Å². The van der Waals surface area contributed by atoms with Crippen molar-refractivity contribution in [2.45, 2.75) is 155 Å². The number of hydrogen-bond acceptors (Lipinski definition) is 4. The largest absolute Gasteiger partial charge is 0.338 e. The van der Waals surface area contributed by atoms with Crippen LogP contribution in [0, 0.1) is 0 Å². The number of fused-ring (bicyclic) bond motifs is 6. The van der Waals surface area contributed by atoms with Gasteiger partial charge in [-0.15, -0.1) is 0 Å². The molecule has 11 rings (SSSR count). The summed E-state index contributed by atoms with van der Waals surface area (Å²) in [6.07, 6.45) is 9.65. The van der Waals surface area contributed by atoms with Gasteiger partial charge in [-0.1, -0.05) is 168 Å². The zero-order valence-corrected chi connectivity index (χ0v) is 46.2. The van der Waals surface area contributed by atoms with E-state index in [1.54, 1.807) is 0 Å². The first-order valence-corrected chi connectivity index (χ1v) is 27.4. The summed E-state index contributed by atoms with van der Waals surface area (Å²) in [4.78, 5) is 13.1. The van der Waals surface area contributed by atoms with Crippen LogP contribution in [0.5, 0.6) is 0 Å². The molecule has 0 saturated heterocycles. The first-order valence-electron chi connectivity index (χ1n) is 27.4. The predicted molar refractivity (Wildman–Crippen MR) is 315 cm³/mol. The van der Waals surface area contributed by atoms with Crippen LogP contribution in [0.2, 0.25) is 0 Å². The van der Waals surface area contributed by atoms with E-state index in [-0.39, 0.29) is 21.7 Å². The summed E-state index contributed by atoms with van der Waals surface area (Å²) in [5, 5.41) is 1.27. The quantitative estimate of drug-likeness (QED) is 0.152. The Hall–Kier alpha value is -6.85. The Morgan fingerprint density at radius 1 is 0.500 bits per heavy atom. The summed E-state index contributed by atoms with van der Waals surface area (Å²) >= 11 is 0. The van der Waals surface area contributed by atoms with E-state index in [2.05, 4.69) is 272 Å². The summed E-state index contributed by atoms with van der Waals surface area (Å²) in [6.45, 7) is 27.5. The molecule has 0 bridgehead atoms. The maximum atomic E-state index is 5.41. The Labute approximate surface area is 442 Å². The highest BCUT2D eigenvalue weighted by Crippen LogP contribution is 2.53. The minimum atomic E-state index is 0.0787. The van der Waals surface area contributed by atoms with E-state index in [0.29, 0.717) is 18.0 Å². The topological polar surface area (TPSA) is 27.5 Å². The van der Waals surface area contributed by atoms with E-state index in [1.807, 2.05) is 0 Å². The molecule has 5 heteroatoms. The van der Waals surface area contributed by atoms with Gasteiger partial charge in [-0.2, -0.15) is 0 Å². The van der Waals surface area contributed by atoms with Crippen molar-refractivity contribution < 1.29 is 0 Å². The lowest BCUT2D eigenvalue weighted by Crippen LogP contribution is -2.42. The molecular weight excluding hydrogens is 899 g/mol. The summed E-state index contributed by atoms with van der Waals surface area (Å²) in [6, 6.07) is 60.7. The van der Waals surface area contributed by atoms with Crippen LogP contribution in [0.25, 0.3) is 22.7 Å². The zero-order valence-electron chi connectivity index (χ0n) is 46.2. The summed E-state index contributed by atoms with van der Waals surface area (Å²) in [5.41, 5.74) is 19.7. The van der Waals surface area contributed by atoms with Gasteiger partial charge in [0.1, 0.15) is 5.82 Å². The fourth-order valence-corrected chi connectivity index (χ4v) is 12.4. The summed E-state index contributed by atoms with van der Waals surface area (Å²) in [7, 11) is 0. The average Bonchev–Trinajstić information content (AvgIpc) is 3.88. The van der Waals surface area contributed by atoms with Gasteiger partial charge in [-0.05, 0) is 160 Å². The Balaban J connectivity index is 0.916. The fourth-order valence-electron chi connectivity index (χ4n) is 12.4. The molecule has 6 aromatic carbocycles. The minimum Gasteiger partial charge on any atom is -0.338 e. The molecule has 3 atom stereocenters. The lowest BCUT2D eigenvalue weighted by molar-refractivity contribution is 0.357. The van der Waals surface area contributed by atoms with Crippen LogP contribution in [0.1, 0.15) is 154 Å². The molecule has 0 amide bonds. The van der Waals surface area contributed by atoms with Gasteiger partial charge in [0.05, 0.1) is 17.4 Å². The molecular formula is C69H77N5. The number of benzene rings is 6. The van der Waals surface area contributed by atoms with Gasteiger partial charge < -0.3 is 19.3 Å². The van der Waals surface area contributed by atoms with E-state index in [0.717, 1.165) is 43.6 Å². The fraction of sp³-hybridized carbons (Fsp3) is 0.348. The van der Waals surface area contributed by atoms with Crippen LogP contribution in [0.15, 0.2) is 170 Å². The molecule has 74 heavy (non-hydrogen) atoms. The third-order valence-electron chi connectivity index (χ3n) is 16.6. The second-order valence-electron chi connectivity index (χ2n) is 25.7. The average molecular weight is 976 g/mol. The molecule has 1 saturated carbocycles. The monoisotopic (exact) mass is 976 g/mol. The third kappa shape index (κ3) is 9.15. The Morgan fingerprint density at radius 3 is 1.51 bits per heavy atom. The van der Waals surface area contributed by atoms with E-state index < -0.39 is 0 Å². The van der Waals surface area contributed by atoms with Crippen molar-refractivity contribution in [2.75, 3.05) is 14.7 Å². The molecule has 8 aromatic rings. The molecule has 3 heterocycles. The van der Waals surface area contributed by atoms with E-state index in [4.69, 9.17) is 4.98 Å². The van der Waals surface area contributed by atoms with E-state index >= 15 is 0 Å². The standard InChI is InChI=1S/C69H77N5/c1-66(2,3)46-21-29-50(30-22-46)71(51-31-23-47(24-32-51)67(4,5)6)54-37-40-63-59(43-54)57-17-13-15-19-61(57)73(63)56-39-42-65(70-45-56)74-62-20-16-14-18-58(62)60-44-55(38-41-64(60)74)72(52-33-25-48(26-34-52)68(7,8)9)53-35-27-49(28-36-53)69(10,11)12/h13-36,39,42-43,45,55,60,64H,37-38,40-41,44H2,1-12H3. The number of aromatic nitrogens is 2. The smallest absolute Gasteiger partial charge is 0.133 e. The van der Waals surface area contributed by atoms with Gasteiger partial charge in [-0.3, -0.25) is 0 Å². The van der Waals surface area contributed by atoms with Gasteiger partial charge in [0.25, 0.3) is 0 Å². The van der Waals surface area contributed by atoms with Crippen LogP contribution >= 0.6 is 0 Å². The maximum absolute atomic E-state index is 5.41. The number of nitrogens with zero attached hydrogens (tertiary/aromatic N) is 5. The van der Waals surface area contributed by atoms with Crippen molar-refractivity contribution in [2.24, 2.45) is 0 Å². The highest BCUT2D eigenvalue weighted by Gasteiger charge is 2.45. The van der Waals surface area contributed by atoms with Crippen LogP contribution in [0.3, 0.4) is 0 Å². The molecule has 1 aliphatic heterocycles. The first kappa shape index (κ1) is 49.4. The SMILES string of the molecule is CC(C)(C)c1ccc(N(C2=Cc3c(n(-c4ccc(N5c6ccccc6C6CC(N(c7ccc(C(C)(C)C)cc7)c7ccc(C(C)(C)C)cc7)CCC65)nc4)c4ccccc34)CC2)c2ccc(C(C)(C)C)cc2)cc1. The zero-order chi connectivity index (χ0) is 51.9. The highest BCUT2D eigenvalue weighted by atomic mass is 15.3.